The third-order valence-electron chi connectivity index (χ3n) is 1.85. The molecule has 3 nitrogen and oxygen atoms in total. The summed E-state index contributed by atoms with van der Waals surface area (Å²) in [6.45, 7) is 1.88. The molecule has 0 aliphatic carbocycles. The molecular formula is C10H8N2OS. The molecule has 0 bridgehead atoms. The van der Waals surface area contributed by atoms with Gasteiger partial charge in [-0.3, -0.25) is 0 Å². The average molecular weight is 204 g/mol. The maximum Gasteiger partial charge on any atom is 0.144 e. The summed E-state index contributed by atoms with van der Waals surface area (Å²) in [5.74, 6) is 1.62. The van der Waals surface area contributed by atoms with Gasteiger partial charge in [-0.15, -0.1) is 11.3 Å². The molecule has 14 heavy (non-hydrogen) atoms. The Morgan fingerprint density at radius 3 is 2.79 bits per heavy atom. The summed E-state index contributed by atoms with van der Waals surface area (Å²) >= 11 is 1.35. The number of furan rings is 1. The zero-order valence-electron chi connectivity index (χ0n) is 7.57. The van der Waals surface area contributed by atoms with E-state index in [9.17, 15) is 0 Å². The Morgan fingerprint density at radius 1 is 1.50 bits per heavy atom. The number of hydrogen-bond donors (Lipinski definition) is 1. The number of nitrogen functional groups attached to an aromatic ring is 1. The molecule has 70 valence electrons. The number of anilines is 1. The molecule has 0 aliphatic heterocycles. The van der Waals surface area contributed by atoms with Gasteiger partial charge in [0.15, 0.2) is 0 Å². The molecule has 0 radical (unpaired) electrons. The van der Waals surface area contributed by atoms with Crippen molar-refractivity contribution in [2.45, 2.75) is 6.92 Å². The first-order valence-corrected chi connectivity index (χ1v) is 4.88. The zero-order chi connectivity index (χ0) is 10.1. The van der Waals surface area contributed by atoms with E-state index in [0.717, 1.165) is 16.4 Å². The molecule has 4 heteroatoms. The summed E-state index contributed by atoms with van der Waals surface area (Å²) in [5.41, 5.74) is 6.16. The van der Waals surface area contributed by atoms with Gasteiger partial charge in [-0.1, -0.05) is 0 Å². The van der Waals surface area contributed by atoms with Crippen LogP contribution in [0.25, 0.3) is 10.6 Å². The number of aryl methyl sites for hydroxylation is 1. The van der Waals surface area contributed by atoms with E-state index in [1.165, 1.54) is 11.3 Å². The van der Waals surface area contributed by atoms with Crippen LogP contribution in [0.4, 0.5) is 5.69 Å². The first kappa shape index (κ1) is 8.85. The second-order valence-corrected chi connectivity index (χ2v) is 3.97. The van der Waals surface area contributed by atoms with Crippen molar-refractivity contribution in [1.29, 1.82) is 5.26 Å². The summed E-state index contributed by atoms with van der Waals surface area (Å²) in [6.07, 6.45) is 0. The minimum Gasteiger partial charge on any atom is -0.461 e. The normalized spacial score (nSPS) is 10.0. The van der Waals surface area contributed by atoms with Gasteiger partial charge in [-0.25, -0.2) is 0 Å². The van der Waals surface area contributed by atoms with Gasteiger partial charge >= 0.3 is 0 Å². The summed E-state index contributed by atoms with van der Waals surface area (Å²) in [5, 5.41) is 8.73. The molecule has 2 rings (SSSR count). The Balaban J connectivity index is 2.48. The Bertz CT molecular complexity index is 504. The Kier molecular flexibility index (Phi) is 2.02. The van der Waals surface area contributed by atoms with Crippen molar-refractivity contribution in [2.24, 2.45) is 0 Å². The second kappa shape index (κ2) is 3.20. The van der Waals surface area contributed by atoms with Crippen molar-refractivity contribution >= 4 is 17.0 Å². The molecule has 0 fully saturated rings. The topological polar surface area (TPSA) is 63.0 Å². The maximum absolute atomic E-state index is 8.73. The highest BCUT2D eigenvalue weighted by atomic mass is 32.1. The highest BCUT2D eigenvalue weighted by molar-refractivity contribution is 7.16. The van der Waals surface area contributed by atoms with E-state index < -0.39 is 0 Å². The van der Waals surface area contributed by atoms with Crippen LogP contribution in [0.15, 0.2) is 22.6 Å². The molecule has 0 atom stereocenters. The van der Waals surface area contributed by atoms with Gasteiger partial charge in [0.05, 0.1) is 10.6 Å². The summed E-state index contributed by atoms with van der Waals surface area (Å²) < 4.78 is 5.43. The number of thiophene rings is 1. The van der Waals surface area contributed by atoms with E-state index in [1.807, 2.05) is 25.1 Å². The first-order chi connectivity index (χ1) is 6.70. The quantitative estimate of drug-likeness (QED) is 0.776. The predicted molar refractivity (Wildman–Crippen MR) is 55.9 cm³/mol. The fraction of sp³-hybridized carbons (Fsp3) is 0.100. The smallest absolute Gasteiger partial charge is 0.144 e. The van der Waals surface area contributed by atoms with E-state index in [1.54, 1.807) is 6.07 Å². The van der Waals surface area contributed by atoms with Crippen LogP contribution >= 0.6 is 11.3 Å². The van der Waals surface area contributed by atoms with Crippen molar-refractivity contribution in [3.63, 3.8) is 0 Å². The first-order valence-electron chi connectivity index (χ1n) is 4.07. The molecule has 0 unspecified atom stereocenters. The SMILES string of the molecule is Cc1ccc(-c2cc(N)c(C#N)s2)o1. The zero-order valence-corrected chi connectivity index (χ0v) is 8.39. The number of nitrogens with two attached hydrogens (primary N) is 1. The van der Waals surface area contributed by atoms with Gasteiger partial charge in [-0.2, -0.15) is 5.26 Å². The molecule has 0 saturated heterocycles. The van der Waals surface area contributed by atoms with Gasteiger partial charge in [-0.05, 0) is 25.1 Å². The monoisotopic (exact) mass is 204 g/mol. The largest absolute Gasteiger partial charge is 0.461 e. The standard InChI is InChI=1S/C10H8N2OS/c1-6-2-3-8(13-6)9-4-7(12)10(5-11)14-9/h2-4H,12H2,1H3. The van der Waals surface area contributed by atoms with Crippen molar-refractivity contribution in [3.8, 4) is 16.7 Å². The van der Waals surface area contributed by atoms with Gasteiger partial charge in [0.1, 0.15) is 22.5 Å². The fourth-order valence-electron chi connectivity index (χ4n) is 1.18. The molecule has 2 aromatic rings. The molecule has 2 heterocycles. The number of nitrogens with zero attached hydrogens (tertiary/aromatic N) is 1. The lowest BCUT2D eigenvalue weighted by Crippen LogP contribution is -1.81. The predicted octanol–water partition coefficient (Wildman–Crippen LogP) is 2.77. The lowest BCUT2D eigenvalue weighted by molar-refractivity contribution is 0.549. The lowest BCUT2D eigenvalue weighted by Gasteiger charge is -1.87. The molecular weight excluding hydrogens is 196 g/mol. The molecule has 0 saturated carbocycles. The maximum atomic E-state index is 8.73. The van der Waals surface area contributed by atoms with E-state index >= 15 is 0 Å². The number of rotatable bonds is 1. The summed E-state index contributed by atoms with van der Waals surface area (Å²) in [6, 6.07) is 7.57. The Morgan fingerprint density at radius 2 is 2.29 bits per heavy atom. The second-order valence-electron chi connectivity index (χ2n) is 2.92. The third kappa shape index (κ3) is 1.38. The van der Waals surface area contributed by atoms with Crippen molar-refractivity contribution in [2.75, 3.05) is 5.73 Å². The van der Waals surface area contributed by atoms with Crippen LogP contribution in [0, 0.1) is 18.3 Å². The molecule has 2 aromatic heterocycles. The number of hydrogen-bond acceptors (Lipinski definition) is 4. The minimum atomic E-state index is 0.515. The lowest BCUT2D eigenvalue weighted by atomic mass is 10.3. The molecule has 2 N–H and O–H groups in total. The van der Waals surface area contributed by atoms with Crippen LogP contribution in [0.1, 0.15) is 10.6 Å². The van der Waals surface area contributed by atoms with Gasteiger partial charge in [0, 0.05) is 0 Å². The van der Waals surface area contributed by atoms with E-state index in [2.05, 4.69) is 0 Å². The van der Waals surface area contributed by atoms with Crippen LogP contribution in [0.5, 0.6) is 0 Å². The van der Waals surface area contributed by atoms with Crippen LogP contribution in [-0.2, 0) is 0 Å². The van der Waals surface area contributed by atoms with Crippen molar-refractivity contribution in [3.05, 3.63) is 28.8 Å². The van der Waals surface area contributed by atoms with Crippen LogP contribution in [-0.4, -0.2) is 0 Å². The summed E-state index contributed by atoms with van der Waals surface area (Å²) in [4.78, 5) is 1.43. The molecule has 0 aliphatic rings. The summed E-state index contributed by atoms with van der Waals surface area (Å²) in [7, 11) is 0. The Labute approximate surface area is 85.4 Å². The third-order valence-corrected chi connectivity index (χ3v) is 2.92. The van der Waals surface area contributed by atoms with Gasteiger partial charge < -0.3 is 10.2 Å². The minimum absolute atomic E-state index is 0.515. The highest BCUT2D eigenvalue weighted by Crippen LogP contribution is 2.33. The molecule has 0 amide bonds. The molecule has 0 spiro atoms. The van der Waals surface area contributed by atoms with Gasteiger partial charge in [0.25, 0.3) is 0 Å². The molecule has 0 aromatic carbocycles. The van der Waals surface area contributed by atoms with E-state index in [4.69, 9.17) is 15.4 Å². The van der Waals surface area contributed by atoms with Crippen molar-refractivity contribution in [1.82, 2.24) is 0 Å². The van der Waals surface area contributed by atoms with Crippen LogP contribution in [0.2, 0.25) is 0 Å². The van der Waals surface area contributed by atoms with Crippen molar-refractivity contribution < 1.29 is 4.42 Å². The number of nitriles is 1. The van der Waals surface area contributed by atoms with Crippen LogP contribution in [0.3, 0.4) is 0 Å². The van der Waals surface area contributed by atoms with E-state index in [0.29, 0.717) is 10.6 Å². The van der Waals surface area contributed by atoms with E-state index in [-0.39, 0.29) is 0 Å². The average Bonchev–Trinajstić information content (AvgIpc) is 2.71. The highest BCUT2D eigenvalue weighted by Gasteiger charge is 2.09. The van der Waals surface area contributed by atoms with Crippen LogP contribution < -0.4 is 5.73 Å². The fourth-order valence-corrected chi connectivity index (χ4v) is 2.02. The van der Waals surface area contributed by atoms with Gasteiger partial charge in [0.2, 0.25) is 0 Å². The Hall–Kier alpha value is -1.73.